The number of aryl methyl sites for hydroxylation is 1. The number of benzene rings is 1. The van der Waals surface area contributed by atoms with Gasteiger partial charge in [0, 0.05) is 17.3 Å². The highest BCUT2D eigenvalue weighted by atomic mass is 16.5. The van der Waals surface area contributed by atoms with Crippen molar-refractivity contribution in [3.63, 3.8) is 0 Å². The summed E-state index contributed by atoms with van der Waals surface area (Å²) >= 11 is 0. The molecular formula is C23H25N5O3. The maximum absolute atomic E-state index is 12.9. The van der Waals surface area contributed by atoms with Crippen LogP contribution in [0.2, 0.25) is 0 Å². The number of aromatic nitrogens is 5. The zero-order valence-electron chi connectivity index (χ0n) is 18.3. The van der Waals surface area contributed by atoms with Crippen molar-refractivity contribution in [2.24, 2.45) is 0 Å². The smallest absolute Gasteiger partial charge is 0.339 e. The largest absolute Gasteiger partial charge is 0.454 e. The van der Waals surface area contributed by atoms with Crippen LogP contribution < -0.4 is 0 Å². The van der Waals surface area contributed by atoms with Crippen molar-refractivity contribution in [1.29, 1.82) is 0 Å². The van der Waals surface area contributed by atoms with Gasteiger partial charge in [-0.1, -0.05) is 36.7 Å². The van der Waals surface area contributed by atoms with E-state index in [9.17, 15) is 4.79 Å². The molecule has 0 atom stereocenters. The quantitative estimate of drug-likeness (QED) is 0.412. The maximum atomic E-state index is 12.9. The molecule has 31 heavy (non-hydrogen) atoms. The lowest BCUT2D eigenvalue weighted by atomic mass is 10.1. The highest BCUT2D eigenvalue weighted by molar-refractivity contribution is 6.02. The summed E-state index contributed by atoms with van der Waals surface area (Å²) in [6.45, 7) is 10.0. The molecule has 0 amide bonds. The summed E-state index contributed by atoms with van der Waals surface area (Å²) in [6, 6.07) is 9.65. The Kier molecular flexibility index (Phi) is 5.54. The lowest BCUT2D eigenvalue weighted by Crippen LogP contribution is -2.10. The van der Waals surface area contributed by atoms with Gasteiger partial charge in [0.25, 0.3) is 5.89 Å². The second-order valence-electron chi connectivity index (χ2n) is 8.13. The van der Waals surface area contributed by atoms with E-state index in [-0.39, 0.29) is 18.6 Å². The van der Waals surface area contributed by atoms with E-state index in [0.717, 1.165) is 16.8 Å². The van der Waals surface area contributed by atoms with Crippen molar-refractivity contribution in [2.45, 2.75) is 53.2 Å². The molecule has 4 rings (SSSR count). The zero-order chi connectivity index (χ0) is 22.1. The third-order valence-corrected chi connectivity index (χ3v) is 4.99. The van der Waals surface area contributed by atoms with Gasteiger partial charge in [0.05, 0.1) is 17.1 Å². The first-order valence-corrected chi connectivity index (χ1v) is 10.3. The van der Waals surface area contributed by atoms with Gasteiger partial charge in [-0.25, -0.2) is 14.5 Å². The summed E-state index contributed by atoms with van der Waals surface area (Å²) < 4.78 is 12.6. The molecule has 4 aromatic rings. The van der Waals surface area contributed by atoms with Crippen LogP contribution in [0.4, 0.5) is 0 Å². The number of nitrogens with zero attached hydrogens (tertiary/aromatic N) is 5. The summed E-state index contributed by atoms with van der Waals surface area (Å²) in [5, 5.41) is 8.99. The summed E-state index contributed by atoms with van der Waals surface area (Å²) in [7, 11) is 0. The molecule has 0 bridgehead atoms. The fourth-order valence-electron chi connectivity index (χ4n) is 3.21. The van der Waals surface area contributed by atoms with E-state index in [1.807, 2.05) is 63.6 Å². The number of esters is 1. The average molecular weight is 419 g/mol. The molecule has 1 aromatic carbocycles. The fourth-order valence-corrected chi connectivity index (χ4v) is 3.21. The third kappa shape index (κ3) is 4.19. The van der Waals surface area contributed by atoms with E-state index in [0.29, 0.717) is 28.3 Å². The van der Waals surface area contributed by atoms with Gasteiger partial charge in [0.2, 0.25) is 5.82 Å². The maximum Gasteiger partial charge on any atom is 0.339 e. The normalized spacial score (nSPS) is 11.6. The molecule has 0 spiro atoms. The zero-order valence-corrected chi connectivity index (χ0v) is 18.3. The second kappa shape index (κ2) is 8.29. The van der Waals surface area contributed by atoms with Gasteiger partial charge < -0.3 is 9.26 Å². The first kappa shape index (κ1) is 20.7. The average Bonchev–Trinajstić information content (AvgIpc) is 3.39. The molecule has 0 saturated heterocycles. The van der Waals surface area contributed by atoms with Gasteiger partial charge in [-0.05, 0) is 44.9 Å². The SMILES string of the molecule is Cc1ccc(-c2nc(COC(=O)c3cc(C(C)C)nc4c3cnn4C(C)C)no2)cc1. The van der Waals surface area contributed by atoms with Crippen molar-refractivity contribution in [3.05, 3.63) is 59.2 Å². The third-order valence-electron chi connectivity index (χ3n) is 4.99. The molecule has 0 unspecified atom stereocenters. The number of rotatable bonds is 6. The number of fused-ring (bicyclic) bond motifs is 1. The molecule has 0 saturated carbocycles. The van der Waals surface area contributed by atoms with Crippen LogP contribution in [0, 0.1) is 6.92 Å². The highest BCUT2D eigenvalue weighted by Crippen LogP contribution is 2.25. The van der Waals surface area contributed by atoms with E-state index in [4.69, 9.17) is 14.2 Å². The van der Waals surface area contributed by atoms with Crippen molar-refractivity contribution in [1.82, 2.24) is 24.9 Å². The van der Waals surface area contributed by atoms with E-state index in [2.05, 4.69) is 15.2 Å². The minimum Gasteiger partial charge on any atom is -0.454 e. The van der Waals surface area contributed by atoms with Crippen molar-refractivity contribution >= 4 is 17.0 Å². The van der Waals surface area contributed by atoms with E-state index in [1.54, 1.807) is 12.3 Å². The van der Waals surface area contributed by atoms with Crippen LogP contribution in [0.5, 0.6) is 0 Å². The van der Waals surface area contributed by atoms with Gasteiger partial charge in [-0.15, -0.1) is 0 Å². The van der Waals surface area contributed by atoms with Crippen molar-refractivity contribution in [2.75, 3.05) is 0 Å². The Morgan fingerprint density at radius 2 is 1.87 bits per heavy atom. The summed E-state index contributed by atoms with van der Waals surface area (Å²) in [5.74, 6) is 0.369. The van der Waals surface area contributed by atoms with Crippen LogP contribution in [-0.2, 0) is 11.3 Å². The van der Waals surface area contributed by atoms with Gasteiger partial charge in [0.1, 0.15) is 0 Å². The van der Waals surface area contributed by atoms with Crippen LogP contribution in [-0.4, -0.2) is 30.9 Å². The Labute approximate surface area is 180 Å². The molecule has 0 aliphatic heterocycles. The standard InChI is InChI=1S/C23H25N5O3/c1-13(2)19-10-17(18-11-24-28(14(3)4)21(18)25-19)23(29)30-12-20-26-22(31-27-20)16-8-6-15(5)7-9-16/h6-11,13-14H,12H2,1-5H3. The van der Waals surface area contributed by atoms with Crippen LogP contribution in [0.15, 0.2) is 41.1 Å². The number of hydrogen-bond donors (Lipinski definition) is 0. The molecule has 0 radical (unpaired) electrons. The van der Waals surface area contributed by atoms with Crippen LogP contribution in [0.1, 0.15) is 67.1 Å². The summed E-state index contributed by atoms with van der Waals surface area (Å²) in [6.07, 6.45) is 1.66. The van der Waals surface area contributed by atoms with E-state index < -0.39 is 5.97 Å². The highest BCUT2D eigenvalue weighted by Gasteiger charge is 2.20. The molecule has 8 nitrogen and oxygen atoms in total. The molecule has 0 N–H and O–H groups in total. The molecule has 0 aliphatic rings. The van der Waals surface area contributed by atoms with Crippen molar-refractivity contribution in [3.8, 4) is 11.5 Å². The topological polar surface area (TPSA) is 95.9 Å². The predicted octanol–water partition coefficient (Wildman–Crippen LogP) is 4.85. The Hall–Kier alpha value is -3.55. The Morgan fingerprint density at radius 1 is 1.13 bits per heavy atom. The fraction of sp³-hybridized carbons (Fsp3) is 0.348. The molecule has 160 valence electrons. The first-order valence-electron chi connectivity index (χ1n) is 10.3. The van der Waals surface area contributed by atoms with Gasteiger partial charge in [0.15, 0.2) is 12.3 Å². The molecule has 0 aliphatic carbocycles. The summed E-state index contributed by atoms with van der Waals surface area (Å²) in [5.41, 5.74) is 3.87. The van der Waals surface area contributed by atoms with Gasteiger partial charge >= 0.3 is 5.97 Å². The predicted molar refractivity (Wildman–Crippen MR) is 116 cm³/mol. The molecule has 0 fully saturated rings. The molecule has 8 heteroatoms. The van der Waals surface area contributed by atoms with Gasteiger partial charge in [-0.2, -0.15) is 10.1 Å². The monoisotopic (exact) mass is 419 g/mol. The number of hydrogen-bond acceptors (Lipinski definition) is 7. The van der Waals surface area contributed by atoms with E-state index in [1.165, 1.54) is 0 Å². The lowest BCUT2D eigenvalue weighted by molar-refractivity contribution is 0.0462. The Morgan fingerprint density at radius 3 is 2.55 bits per heavy atom. The molecule has 3 heterocycles. The first-order chi connectivity index (χ1) is 14.8. The van der Waals surface area contributed by atoms with Gasteiger partial charge in [-0.3, -0.25) is 0 Å². The van der Waals surface area contributed by atoms with Crippen molar-refractivity contribution < 1.29 is 14.1 Å². The Bertz CT molecular complexity index is 1220. The number of carbonyl (C=O) groups is 1. The molecular weight excluding hydrogens is 394 g/mol. The lowest BCUT2D eigenvalue weighted by Gasteiger charge is -2.11. The minimum atomic E-state index is -0.473. The van der Waals surface area contributed by atoms with Crippen LogP contribution >= 0.6 is 0 Å². The number of pyridine rings is 1. The summed E-state index contributed by atoms with van der Waals surface area (Å²) in [4.78, 5) is 22.0. The molecule has 3 aromatic heterocycles. The Balaban J connectivity index is 1.57. The van der Waals surface area contributed by atoms with E-state index >= 15 is 0 Å². The van der Waals surface area contributed by atoms with Crippen LogP contribution in [0.25, 0.3) is 22.5 Å². The number of carbonyl (C=O) groups excluding carboxylic acids is 1. The minimum absolute atomic E-state index is 0.0899. The van der Waals surface area contributed by atoms with Crippen LogP contribution in [0.3, 0.4) is 0 Å². The second-order valence-corrected chi connectivity index (χ2v) is 8.13. The number of ether oxygens (including phenoxy) is 1.